The molecule has 0 aliphatic carbocycles. The molecule has 4 aromatic rings. The Morgan fingerprint density at radius 1 is 1.09 bits per heavy atom. The van der Waals surface area contributed by atoms with Gasteiger partial charge in [-0.3, -0.25) is 4.79 Å². The molecule has 0 radical (unpaired) electrons. The number of nitrogens with one attached hydrogen (secondary N) is 1. The van der Waals surface area contributed by atoms with Crippen molar-refractivity contribution >= 4 is 29.3 Å². The van der Waals surface area contributed by atoms with Gasteiger partial charge in [0.1, 0.15) is 11.9 Å². The van der Waals surface area contributed by atoms with Gasteiger partial charge in [0.2, 0.25) is 17.9 Å². The van der Waals surface area contributed by atoms with Crippen LogP contribution in [0.1, 0.15) is 47.8 Å². The Morgan fingerprint density at radius 3 is 2.38 bits per heavy atom. The number of carboxylic acid groups (broad SMARTS) is 1. The van der Waals surface area contributed by atoms with Crippen LogP contribution in [0, 0.1) is 26.2 Å². The molecular weight excluding hydrogens is 635 g/mol. The average molecular weight is 670 g/mol. The number of piperidine rings is 1. The van der Waals surface area contributed by atoms with Crippen LogP contribution in [0.2, 0.25) is 5.02 Å². The number of alkyl halides is 3. The van der Waals surface area contributed by atoms with Crippen LogP contribution in [0.25, 0.3) is 16.8 Å². The molecule has 14 heteroatoms. The first-order valence-corrected chi connectivity index (χ1v) is 15.6. The number of benzene rings is 2. The van der Waals surface area contributed by atoms with Crippen molar-refractivity contribution in [3.63, 3.8) is 0 Å². The van der Waals surface area contributed by atoms with Gasteiger partial charge < -0.3 is 25.8 Å². The third-order valence-corrected chi connectivity index (χ3v) is 9.70. The van der Waals surface area contributed by atoms with Crippen molar-refractivity contribution in [1.82, 2.24) is 25.1 Å². The number of ether oxygens (including phenoxy) is 1. The van der Waals surface area contributed by atoms with E-state index >= 15 is 0 Å². The predicted molar refractivity (Wildman–Crippen MR) is 172 cm³/mol. The van der Waals surface area contributed by atoms with Crippen LogP contribution < -0.4 is 20.7 Å². The standard InChI is InChI=1S/C33H35ClF3N7O3/c1-18-12-22(13-19(2)28(18)34)21-4-5-23(25(14-21)44-9-6-20(3)42-44)29(33(35,36)37)47-27-15-26(40-31(38)41-27)43-10-7-32(8-11-43)16-24(30(45)46)39-17-32/h4-6,9,12-15,24,29,39H,7-8,10-11,16-17H2,1-3H3,(H,45,46)(H2,38,40,41)/t24-,29?/m0/s1. The number of aromatic nitrogens is 4. The zero-order valence-electron chi connectivity index (χ0n) is 26.1. The molecule has 2 atom stereocenters. The third kappa shape index (κ3) is 6.72. The molecule has 1 unspecified atom stereocenters. The lowest BCUT2D eigenvalue weighted by Gasteiger charge is -2.39. The summed E-state index contributed by atoms with van der Waals surface area (Å²) < 4.78 is 51.7. The molecule has 4 heterocycles. The fraction of sp³-hybridized carbons (Fsp3) is 0.394. The van der Waals surface area contributed by atoms with Crippen molar-refractivity contribution < 1.29 is 27.8 Å². The second kappa shape index (κ2) is 12.3. The molecule has 0 saturated carbocycles. The fourth-order valence-electron chi connectivity index (χ4n) is 6.57. The summed E-state index contributed by atoms with van der Waals surface area (Å²) in [5, 5.41) is 17.5. The Morgan fingerprint density at radius 2 is 1.79 bits per heavy atom. The summed E-state index contributed by atoms with van der Waals surface area (Å²) in [6.45, 7) is 7.16. The Hall–Kier alpha value is -4.36. The number of nitrogens with two attached hydrogens (primary N) is 1. The minimum Gasteiger partial charge on any atom is -0.480 e. The highest BCUT2D eigenvalue weighted by atomic mass is 35.5. The van der Waals surface area contributed by atoms with Gasteiger partial charge in [-0.05, 0) is 92.0 Å². The lowest BCUT2D eigenvalue weighted by Crippen LogP contribution is -2.41. The summed E-state index contributed by atoms with van der Waals surface area (Å²) in [7, 11) is 0. The van der Waals surface area contributed by atoms with Gasteiger partial charge in [-0.15, -0.1) is 0 Å². The number of aryl methyl sites for hydroxylation is 3. The van der Waals surface area contributed by atoms with Crippen molar-refractivity contribution in [3.8, 4) is 22.7 Å². The van der Waals surface area contributed by atoms with Crippen molar-refractivity contribution in [2.24, 2.45) is 5.41 Å². The number of aliphatic carboxylic acids is 1. The van der Waals surface area contributed by atoms with E-state index in [2.05, 4.69) is 20.4 Å². The number of halogens is 4. The van der Waals surface area contributed by atoms with Crippen molar-refractivity contribution in [1.29, 1.82) is 0 Å². The highest BCUT2D eigenvalue weighted by Gasteiger charge is 2.46. The van der Waals surface area contributed by atoms with Crippen LogP contribution in [0.15, 0.2) is 48.7 Å². The third-order valence-electron chi connectivity index (χ3n) is 9.10. The first kappa shape index (κ1) is 32.6. The zero-order valence-corrected chi connectivity index (χ0v) is 26.9. The van der Waals surface area contributed by atoms with E-state index in [0.717, 1.165) is 16.7 Å². The molecule has 0 bridgehead atoms. The van der Waals surface area contributed by atoms with E-state index in [1.807, 2.05) is 30.9 Å². The van der Waals surface area contributed by atoms with E-state index in [-0.39, 0.29) is 28.5 Å². The number of nitrogens with zero attached hydrogens (tertiary/aromatic N) is 5. The minimum absolute atomic E-state index is 0.157. The SMILES string of the molecule is Cc1ccn(-c2cc(-c3cc(C)c(Cl)c(C)c3)ccc2C(Oc2cc(N3CCC4(CC3)CN[C@H](C(=O)O)C4)nc(N)n2)C(F)(F)F)n1. The monoisotopic (exact) mass is 669 g/mol. The Balaban J connectivity index is 1.32. The molecule has 2 aromatic carbocycles. The summed E-state index contributed by atoms with van der Waals surface area (Å²) in [6, 6.07) is 10.9. The maximum absolute atomic E-state index is 14.9. The number of carbonyl (C=O) groups is 1. The van der Waals surface area contributed by atoms with Crippen LogP contribution in [-0.4, -0.2) is 62.7 Å². The molecular formula is C33H35ClF3N7O3. The average Bonchev–Trinajstić information content (AvgIpc) is 3.64. The topological polar surface area (TPSA) is 131 Å². The van der Waals surface area contributed by atoms with Crippen LogP contribution in [0.4, 0.5) is 24.9 Å². The van der Waals surface area contributed by atoms with E-state index in [4.69, 9.17) is 22.1 Å². The summed E-state index contributed by atoms with van der Waals surface area (Å²) in [6.07, 6.45) is -3.72. The van der Waals surface area contributed by atoms with Gasteiger partial charge in [0, 0.05) is 42.5 Å². The minimum atomic E-state index is -4.83. The lowest BCUT2D eigenvalue weighted by molar-refractivity contribution is -0.198. The Bertz CT molecular complexity index is 1800. The first-order chi connectivity index (χ1) is 22.2. The van der Waals surface area contributed by atoms with Gasteiger partial charge in [-0.25, -0.2) is 4.68 Å². The molecule has 4 N–H and O–H groups in total. The van der Waals surface area contributed by atoms with E-state index in [0.29, 0.717) is 61.0 Å². The van der Waals surface area contributed by atoms with Gasteiger partial charge in [-0.1, -0.05) is 23.7 Å². The van der Waals surface area contributed by atoms with Gasteiger partial charge in [0.25, 0.3) is 0 Å². The van der Waals surface area contributed by atoms with Crippen LogP contribution in [0.5, 0.6) is 5.88 Å². The van der Waals surface area contributed by atoms with Crippen LogP contribution in [-0.2, 0) is 4.79 Å². The maximum atomic E-state index is 14.9. The second-order valence-electron chi connectivity index (χ2n) is 12.5. The predicted octanol–water partition coefficient (Wildman–Crippen LogP) is 6.21. The number of hydrogen-bond acceptors (Lipinski definition) is 8. The molecule has 248 valence electrons. The highest BCUT2D eigenvalue weighted by molar-refractivity contribution is 6.32. The summed E-state index contributed by atoms with van der Waals surface area (Å²) in [4.78, 5) is 21.7. The lowest BCUT2D eigenvalue weighted by atomic mass is 9.76. The molecule has 2 aliphatic heterocycles. The highest BCUT2D eigenvalue weighted by Crippen LogP contribution is 2.43. The van der Waals surface area contributed by atoms with Crippen molar-refractivity contribution in [2.45, 2.75) is 58.4 Å². The van der Waals surface area contributed by atoms with E-state index in [1.165, 1.54) is 16.8 Å². The molecule has 2 saturated heterocycles. The smallest absolute Gasteiger partial charge is 0.429 e. The number of anilines is 2. The normalized spacial score (nSPS) is 18.4. The van der Waals surface area contributed by atoms with E-state index in [1.54, 1.807) is 31.3 Å². The quantitative estimate of drug-likeness (QED) is 0.210. The molecule has 47 heavy (non-hydrogen) atoms. The van der Waals surface area contributed by atoms with Crippen LogP contribution >= 0.6 is 11.6 Å². The molecule has 2 fully saturated rings. The van der Waals surface area contributed by atoms with Gasteiger partial charge in [0.05, 0.1) is 11.4 Å². The van der Waals surface area contributed by atoms with Gasteiger partial charge >= 0.3 is 12.1 Å². The molecule has 10 nitrogen and oxygen atoms in total. The number of nitrogen functional groups attached to an aromatic ring is 1. The number of carboxylic acids is 1. The summed E-state index contributed by atoms with van der Waals surface area (Å²) in [5.74, 6) is -1.07. The summed E-state index contributed by atoms with van der Waals surface area (Å²) in [5.41, 5.74) is 9.68. The molecule has 1 spiro atoms. The summed E-state index contributed by atoms with van der Waals surface area (Å²) >= 11 is 6.38. The van der Waals surface area contributed by atoms with Gasteiger partial charge in [-0.2, -0.15) is 28.2 Å². The molecule has 6 rings (SSSR count). The largest absolute Gasteiger partial charge is 0.480 e. The van der Waals surface area contributed by atoms with E-state index in [9.17, 15) is 23.1 Å². The van der Waals surface area contributed by atoms with E-state index < -0.39 is 24.3 Å². The molecule has 0 amide bonds. The second-order valence-corrected chi connectivity index (χ2v) is 12.9. The maximum Gasteiger partial charge on any atom is 0.429 e. The number of hydrogen-bond donors (Lipinski definition) is 3. The molecule has 2 aromatic heterocycles. The van der Waals surface area contributed by atoms with Crippen molar-refractivity contribution in [3.05, 3.63) is 76.1 Å². The van der Waals surface area contributed by atoms with Crippen LogP contribution in [0.3, 0.4) is 0 Å². The van der Waals surface area contributed by atoms with Crippen molar-refractivity contribution in [2.75, 3.05) is 30.3 Å². The number of rotatable bonds is 7. The first-order valence-electron chi connectivity index (χ1n) is 15.2. The zero-order chi connectivity index (χ0) is 33.7. The molecule has 2 aliphatic rings. The fourth-order valence-corrected chi connectivity index (χ4v) is 6.68. The Kier molecular flexibility index (Phi) is 8.56. The van der Waals surface area contributed by atoms with Gasteiger partial charge in [0.15, 0.2) is 0 Å². The Labute approximate surface area is 274 Å².